The van der Waals surface area contributed by atoms with Crippen molar-refractivity contribution in [3.05, 3.63) is 95.1 Å². The van der Waals surface area contributed by atoms with Crippen LogP contribution >= 0.6 is 0 Å². The minimum Gasteiger partial charge on any atom is -0.480 e. The molecule has 0 fully saturated rings. The van der Waals surface area contributed by atoms with Gasteiger partial charge in [0.2, 0.25) is 0 Å². The first-order valence-corrected chi connectivity index (χ1v) is 12.5. The number of carbonyl (C=O) groups is 3. The van der Waals surface area contributed by atoms with Gasteiger partial charge in [0.1, 0.15) is 24.3 Å². The van der Waals surface area contributed by atoms with Gasteiger partial charge in [0.05, 0.1) is 0 Å². The highest BCUT2D eigenvalue weighted by Gasteiger charge is 2.31. The number of carboxylic acids is 1. The van der Waals surface area contributed by atoms with Crippen molar-refractivity contribution in [2.75, 3.05) is 6.61 Å². The lowest BCUT2D eigenvalue weighted by atomic mass is 9.95. The molecule has 38 heavy (non-hydrogen) atoms. The molecule has 1 aliphatic carbocycles. The average molecular weight is 517 g/mol. The Bertz CT molecular complexity index is 1300. The van der Waals surface area contributed by atoms with Crippen LogP contribution in [0.1, 0.15) is 55.0 Å². The Labute approximate surface area is 221 Å². The van der Waals surface area contributed by atoms with Crippen LogP contribution < -0.4 is 11.1 Å². The van der Waals surface area contributed by atoms with Crippen molar-refractivity contribution >= 4 is 18.0 Å². The second-order valence-corrected chi connectivity index (χ2v) is 10.3. The van der Waals surface area contributed by atoms with Crippen LogP contribution in [0.3, 0.4) is 0 Å². The first-order valence-electron chi connectivity index (χ1n) is 12.5. The van der Waals surface area contributed by atoms with Gasteiger partial charge in [-0.05, 0) is 54.2 Å². The van der Waals surface area contributed by atoms with Crippen molar-refractivity contribution in [2.45, 2.75) is 50.8 Å². The van der Waals surface area contributed by atoms with Crippen molar-refractivity contribution in [1.82, 2.24) is 5.32 Å². The number of nitrogens with two attached hydrogens (primary N) is 1. The highest BCUT2D eigenvalue weighted by atomic mass is 16.6. The molecule has 0 bridgehead atoms. The Balaban J connectivity index is 1.47. The monoisotopic (exact) mass is 516 g/mol. The summed E-state index contributed by atoms with van der Waals surface area (Å²) in [6, 6.07) is 20.4. The third kappa shape index (κ3) is 6.03. The van der Waals surface area contributed by atoms with E-state index >= 15 is 0 Å². The fraction of sp³-hybridized carbons (Fsp3) is 0.300. The van der Waals surface area contributed by atoms with Crippen molar-refractivity contribution in [2.24, 2.45) is 5.73 Å². The number of carbonyl (C=O) groups excluding carboxylic acids is 2. The first-order chi connectivity index (χ1) is 18.0. The van der Waals surface area contributed by atoms with E-state index in [9.17, 15) is 19.5 Å². The second-order valence-electron chi connectivity index (χ2n) is 10.3. The number of rotatable bonds is 8. The summed E-state index contributed by atoms with van der Waals surface area (Å²) in [6.45, 7) is 5.18. The summed E-state index contributed by atoms with van der Waals surface area (Å²) >= 11 is 0. The van der Waals surface area contributed by atoms with Gasteiger partial charge in [0, 0.05) is 12.3 Å². The summed E-state index contributed by atoms with van der Waals surface area (Å²) in [7, 11) is 0. The maximum absolute atomic E-state index is 13.1. The van der Waals surface area contributed by atoms with E-state index in [0.29, 0.717) is 11.1 Å². The highest BCUT2D eigenvalue weighted by molar-refractivity contribution is 5.82. The molecule has 4 N–H and O–H groups in total. The molecule has 1 unspecified atom stereocenters. The Morgan fingerprint density at radius 3 is 2.05 bits per heavy atom. The van der Waals surface area contributed by atoms with Gasteiger partial charge in [-0.15, -0.1) is 0 Å². The lowest BCUT2D eigenvalue weighted by Crippen LogP contribution is -2.45. The van der Waals surface area contributed by atoms with Gasteiger partial charge in [0.15, 0.2) is 0 Å². The van der Waals surface area contributed by atoms with E-state index in [0.717, 1.165) is 22.3 Å². The molecular weight excluding hydrogens is 484 g/mol. The molecule has 8 heteroatoms. The van der Waals surface area contributed by atoms with Gasteiger partial charge >= 0.3 is 18.0 Å². The third-order valence-corrected chi connectivity index (χ3v) is 6.41. The molecule has 0 saturated carbocycles. The first kappa shape index (κ1) is 26.9. The van der Waals surface area contributed by atoms with Crippen LogP contribution in [-0.2, 0) is 25.5 Å². The lowest BCUT2D eigenvalue weighted by molar-refractivity contribution is -0.145. The molecule has 0 aromatic heterocycles. The van der Waals surface area contributed by atoms with Crippen molar-refractivity contribution in [1.29, 1.82) is 0 Å². The number of alkyl carbamates (subject to hydrolysis) is 1. The van der Waals surface area contributed by atoms with E-state index in [1.54, 1.807) is 45.0 Å². The van der Waals surface area contributed by atoms with E-state index in [4.69, 9.17) is 15.2 Å². The molecular formula is C30H32N2O6. The van der Waals surface area contributed by atoms with Crippen molar-refractivity contribution < 1.29 is 29.0 Å². The van der Waals surface area contributed by atoms with Crippen molar-refractivity contribution in [3.63, 3.8) is 0 Å². The van der Waals surface area contributed by atoms with E-state index < -0.39 is 35.7 Å². The van der Waals surface area contributed by atoms with Gasteiger partial charge < -0.3 is 25.6 Å². The number of benzene rings is 3. The lowest BCUT2D eigenvalue weighted by Gasteiger charge is -2.23. The standard InChI is InChI=1S/C30H32N2O6/c1-30(2,3)38-29(36)32-25(27(33)34)16-18-10-4-5-11-19(18)26(31)28(35)37-17-24-22-14-8-6-12-20(22)21-13-7-9-15-23(21)24/h4-15,24-26H,16-17,31H2,1-3H3,(H,32,36)(H,33,34)/t25-,26?/m1/s1. The predicted octanol–water partition coefficient (Wildman–Crippen LogP) is 4.56. The number of carboxylic acid groups (broad SMARTS) is 1. The van der Waals surface area contributed by atoms with Crippen LogP contribution in [-0.4, -0.2) is 41.4 Å². The van der Waals surface area contributed by atoms with Crippen LogP contribution in [0.2, 0.25) is 0 Å². The molecule has 3 aromatic rings. The van der Waals surface area contributed by atoms with E-state index in [2.05, 4.69) is 17.4 Å². The Kier molecular flexibility index (Phi) is 7.83. The number of hydrogen-bond acceptors (Lipinski definition) is 6. The summed E-state index contributed by atoms with van der Waals surface area (Å²) in [5.41, 5.74) is 10.9. The van der Waals surface area contributed by atoms with Crippen LogP contribution in [0.4, 0.5) is 4.79 Å². The highest BCUT2D eigenvalue weighted by Crippen LogP contribution is 2.44. The van der Waals surface area contributed by atoms with Crippen molar-refractivity contribution in [3.8, 4) is 11.1 Å². The second kappa shape index (κ2) is 11.1. The summed E-state index contributed by atoms with van der Waals surface area (Å²) in [5, 5.41) is 12.1. The Morgan fingerprint density at radius 1 is 0.921 bits per heavy atom. The van der Waals surface area contributed by atoms with E-state index in [-0.39, 0.29) is 18.9 Å². The molecule has 0 saturated heterocycles. The molecule has 0 heterocycles. The quantitative estimate of drug-likeness (QED) is 0.374. The van der Waals surface area contributed by atoms with Crippen LogP contribution in [0.15, 0.2) is 72.8 Å². The smallest absolute Gasteiger partial charge is 0.408 e. The summed E-state index contributed by atoms with van der Waals surface area (Å²) < 4.78 is 10.9. The van der Waals surface area contributed by atoms with Gasteiger partial charge in [-0.2, -0.15) is 0 Å². The zero-order valence-corrected chi connectivity index (χ0v) is 21.6. The van der Waals surface area contributed by atoms with Gasteiger partial charge in [-0.25, -0.2) is 14.4 Å². The van der Waals surface area contributed by atoms with Gasteiger partial charge in [-0.3, -0.25) is 0 Å². The number of aliphatic carboxylic acids is 1. The van der Waals surface area contributed by atoms with Crippen LogP contribution in [0.5, 0.6) is 0 Å². The molecule has 0 aliphatic heterocycles. The summed E-state index contributed by atoms with van der Waals surface area (Å²) in [5.74, 6) is -1.96. The van der Waals surface area contributed by atoms with Gasteiger partial charge in [0.25, 0.3) is 0 Å². The van der Waals surface area contributed by atoms with E-state index in [1.165, 1.54) is 0 Å². The molecule has 4 rings (SSSR count). The van der Waals surface area contributed by atoms with Crippen LogP contribution in [0, 0.1) is 0 Å². The van der Waals surface area contributed by atoms with Crippen LogP contribution in [0.25, 0.3) is 11.1 Å². The SMILES string of the molecule is CC(C)(C)OC(=O)N[C@H](Cc1ccccc1C(N)C(=O)OCC1c2ccccc2-c2ccccc21)C(=O)O. The summed E-state index contributed by atoms with van der Waals surface area (Å²) in [6.07, 6.45) is -0.932. The predicted molar refractivity (Wildman–Crippen MR) is 143 cm³/mol. The largest absolute Gasteiger partial charge is 0.480 e. The Morgan fingerprint density at radius 2 is 1.47 bits per heavy atom. The zero-order valence-electron chi connectivity index (χ0n) is 21.6. The topological polar surface area (TPSA) is 128 Å². The molecule has 1 aliphatic rings. The maximum Gasteiger partial charge on any atom is 0.408 e. The molecule has 0 radical (unpaired) electrons. The fourth-order valence-corrected chi connectivity index (χ4v) is 4.71. The number of nitrogens with one attached hydrogen (secondary N) is 1. The maximum atomic E-state index is 13.1. The number of amides is 1. The molecule has 0 spiro atoms. The molecule has 2 atom stereocenters. The van der Waals surface area contributed by atoms with E-state index in [1.807, 2.05) is 36.4 Å². The number of esters is 1. The Hall–Kier alpha value is -4.17. The van der Waals surface area contributed by atoms with Gasteiger partial charge in [-0.1, -0.05) is 72.8 Å². The molecule has 198 valence electrons. The normalized spacial score (nSPS) is 14.1. The minimum absolute atomic E-state index is 0.0882. The zero-order chi connectivity index (χ0) is 27.4. The molecule has 1 amide bonds. The molecule has 8 nitrogen and oxygen atoms in total. The molecule has 3 aromatic carbocycles. The average Bonchev–Trinajstić information content (AvgIpc) is 3.19. The summed E-state index contributed by atoms with van der Waals surface area (Å²) in [4.78, 5) is 37.1. The minimum atomic E-state index is -1.28. The number of ether oxygens (including phenoxy) is 2. The number of fused-ring (bicyclic) bond motifs is 3. The number of hydrogen-bond donors (Lipinski definition) is 3. The fourth-order valence-electron chi connectivity index (χ4n) is 4.71. The third-order valence-electron chi connectivity index (χ3n) is 6.41.